The molecule has 0 aliphatic rings. The van der Waals surface area contributed by atoms with Crippen molar-refractivity contribution in [2.24, 2.45) is 5.10 Å². The average Bonchev–Trinajstić information content (AvgIpc) is 2.83. The number of benzene rings is 3. The summed E-state index contributed by atoms with van der Waals surface area (Å²) in [5.41, 5.74) is 7.03. The molecule has 0 aromatic heterocycles. The summed E-state index contributed by atoms with van der Waals surface area (Å²) in [6, 6.07) is 24.3. The number of carbonyl (C=O) groups excluding carboxylic acids is 2. The highest BCUT2D eigenvalue weighted by Crippen LogP contribution is 2.17. The summed E-state index contributed by atoms with van der Waals surface area (Å²) in [4.78, 5) is 25.8. The molecule has 0 aliphatic carbocycles. The molecule has 0 fully saturated rings. The molecule has 7 heteroatoms. The first kappa shape index (κ1) is 24.7. The van der Waals surface area contributed by atoms with E-state index in [1.807, 2.05) is 74.5 Å². The minimum atomic E-state index is -0.743. The molecule has 0 saturated heterocycles. The minimum absolute atomic E-state index is 0.317. The molecule has 0 aliphatic heterocycles. The van der Waals surface area contributed by atoms with Gasteiger partial charge in [0.05, 0.1) is 11.3 Å². The number of rotatable bonds is 9. The molecule has 2 N–H and O–H groups in total. The van der Waals surface area contributed by atoms with Crippen molar-refractivity contribution in [2.75, 3.05) is 5.75 Å². The smallest absolute Gasteiger partial charge is 0.263 e. The molecule has 1 atom stereocenters. The highest BCUT2D eigenvalue weighted by molar-refractivity contribution is 9.10. The molecular formula is C26H26BrN3O2S. The summed E-state index contributed by atoms with van der Waals surface area (Å²) in [5.74, 6) is 0.474. The van der Waals surface area contributed by atoms with E-state index in [2.05, 4.69) is 31.8 Å². The molecule has 170 valence electrons. The van der Waals surface area contributed by atoms with Gasteiger partial charge in [0.2, 0.25) is 0 Å². The Morgan fingerprint density at radius 2 is 1.64 bits per heavy atom. The van der Waals surface area contributed by atoms with Gasteiger partial charge in [-0.25, -0.2) is 5.43 Å². The Hall–Kier alpha value is -2.90. The fraction of sp³-hybridized carbons (Fsp3) is 0.192. The highest BCUT2D eigenvalue weighted by Gasteiger charge is 2.22. The van der Waals surface area contributed by atoms with Crippen molar-refractivity contribution in [3.8, 4) is 0 Å². The van der Waals surface area contributed by atoms with Crippen LogP contribution in [0.5, 0.6) is 0 Å². The summed E-state index contributed by atoms with van der Waals surface area (Å²) >= 11 is 4.98. The van der Waals surface area contributed by atoms with Gasteiger partial charge in [-0.2, -0.15) is 16.9 Å². The second-order valence-electron chi connectivity index (χ2n) is 7.55. The van der Waals surface area contributed by atoms with Gasteiger partial charge in [0.1, 0.15) is 6.04 Å². The number of hydrogen-bond acceptors (Lipinski definition) is 4. The highest BCUT2D eigenvalue weighted by atomic mass is 79.9. The van der Waals surface area contributed by atoms with Crippen molar-refractivity contribution in [2.45, 2.75) is 25.6 Å². The molecule has 0 heterocycles. The molecule has 33 heavy (non-hydrogen) atoms. The molecule has 3 aromatic rings. The Bertz CT molecular complexity index is 1120. The van der Waals surface area contributed by atoms with E-state index >= 15 is 0 Å². The number of nitrogens with zero attached hydrogens (tertiary/aromatic N) is 1. The predicted octanol–water partition coefficient (Wildman–Crippen LogP) is 5.33. The lowest BCUT2D eigenvalue weighted by molar-refractivity contribution is -0.122. The Morgan fingerprint density at radius 1 is 0.970 bits per heavy atom. The van der Waals surface area contributed by atoms with Crippen molar-refractivity contribution >= 4 is 45.2 Å². The number of amides is 2. The molecule has 0 saturated carbocycles. The lowest BCUT2D eigenvalue weighted by Gasteiger charge is -2.18. The van der Waals surface area contributed by atoms with Crippen molar-refractivity contribution in [1.29, 1.82) is 0 Å². The lowest BCUT2D eigenvalue weighted by atomic mass is 10.1. The standard InChI is InChI=1S/C26H26BrN3O2S/c1-18-12-14-21(15-13-18)19(2)29-30-26(32)24(17-33-16-20-8-4-3-5-9-20)28-25(31)22-10-6-7-11-23(22)27/h3-15,24H,16-17H2,1-2H3,(H,28,31)(H,30,32)/b29-19+. The third-order valence-corrected chi connectivity index (χ3v) is 6.74. The summed E-state index contributed by atoms with van der Waals surface area (Å²) in [5, 5.41) is 7.12. The van der Waals surface area contributed by atoms with Gasteiger partial charge in [-0.05, 0) is 53.0 Å². The van der Waals surface area contributed by atoms with Crippen molar-refractivity contribution in [3.63, 3.8) is 0 Å². The Balaban J connectivity index is 1.69. The summed E-state index contributed by atoms with van der Waals surface area (Å²) in [6.07, 6.45) is 0. The number of nitrogens with one attached hydrogen (secondary N) is 2. The first-order valence-electron chi connectivity index (χ1n) is 10.5. The molecule has 0 radical (unpaired) electrons. The second-order valence-corrected chi connectivity index (χ2v) is 9.43. The van der Waals surface area contributed by atoms with Crippen LogP contribution < -0.4 is 10.7 Å². The van der Waals surface area contributed by atoms with Crippen LogP contribution >= 0.6 is 27.7 Å². The maximum Gasteiger partial charge on any atom is 0.263 e. The van der Waals surface area contributed by atoms with Crippen LogP contribution in [0.4, 0.5) is 0 Å². The fourth-order valence-corrected chi connectivity index (χ4v) is 4.49. The van der Waals surface area contributed by atoms with Crippen LogP contribution in [-0.2, 0) is 10.5 Å². The maximum atomic E-state index is 13.0. The normalized spacial score (nSPS) is 12.2. The minimum Gasteiger partial charge on any atom is -0.339 e. The zero-order chi connectivity index (χ0) is 23.6. The molecule has 3 aromatic carbocycles. The average molecular weight is 524 g/mol. The van der Waals surface area contributed by atoms with Crippen LogP contribution in [0.15, 0.2) is 88.4 Å². The van der Waals surface area contributed by atoms with Crippen molar-refractivity contribution in [3.05, 3.63) is 106 Å². The van der Waals surface area contributed by atoms with Crippen molar-refractivity contribution < 1.29 is 9.59 Å². The summed E-state index contributed by atoms with van der Waals surface area (Å²) in [6.45, 7) is 3.85. The van der Waals surface area contributed by atoms with E-state index in [0.29, 0.717) is 21.5 Å². The van der Waals surface area contributed by atoms with Crippen LogP contribution in [0.25, 0.3) is 0 Å². The number of aryl methyl sites for hydroxylation is 1. The number of hydrazone groups is 1. The Morgan fingerprint density at radius 3 is 2.33 bits per heavy atom. The molecule has 5 nitrogen and oxygen atoms in total. The largest absolute Gasteiger partial charge is 0.339 e. The van der Waals surface area contributed by atoms with Crippen LogP contribution in [0, 0.1) is 6.92 Å². The van der Waals surface area contributed by atoms with E-state index in [1.54, 1.807) is 30.0 Å². The van der Waals surface area contributed by atoms with Gasteiger partial charge in [0, 0.05) is 16.0 Å². The van der Waals surface area contributed by atoms with Gasteiger partial charge in [-0.15, -0.1) is 0 Å². The Labute approximate surface area is 207 Å². The predicted molar refractivity (Wildman–Crippen MR) is 140 cm³/mol. The third kappa shape index (κ3) is 7.58. The van der Waals surface area contributed by atoms with E-state index < -0.39 is 6.04 Å². The topological polar surface area (TPSA) is 70.6 Å². The first-order chi connectivity index (χ1) is 15.9. The SMILES string of the molecule is C/C(=N\NC(=O)C(CSCc1ccccc1)NC(=O)c1ccccc1Br)c1ccc(C)cc1. The quantitative estimate of drug-likeness (QED) is 0.294. The fourth-order valence-electron chi connectivity index (χ4n) is 3.01. The van der Waals surface area contributed by atoms with Crippen molar-refractivity contribution in [1.82, 2.24) is 10.7 Å². The van der Waals surface area contributed by atoms with Crippen LogP contribution in [0.2, 0.25) is 0 Å². The zero-order valence-electron chi connectivity index (χ0n) is 18.5. The third-order valence-electron chi connectivity index (χ3n) is 4.94. The molecule has 0 bridgehead atoms. The van der Waals surface area contributed by atoms with E-state index in [0.717, 1.165) is 22.4 Å². The molecule has 1 unspecified atom stereocenters. The molecule has 3 rings (SSSR count). The van der Waals surface area contributed by atoms with Gasteiger partial charge in [-0.3, -0.25) is 9.59 Å². The van der Waals surface area contributed by atoms with Gasteiger partial charge < -0.3 is 5.32 Å². The van der Waals surface area contributed by atoms with E-state index in [1.165, 1.54) is 0 Å². The number of hydrogen-bond donors (Lipinski definition) is 2. The number of carbonyl (C=O) groups is 2. The van der Waals surface area contributed by atoms with E-state index in [-0.39, 0.29) is 11.8 Å². The molecular weight excluding hydrogens is 498 g/mol. The van der Waals surface area contributed by atoms with Crippen LogP contribution in [0.3, 0.4) is 0 Å². The lowest BCUT2D eigenvalue weighted by Crippen LogP contribution is -2.47. The van der Waals surface area contributed by atoms with E-state index in [9.17, 15) is 9.59 Å². The maximum absolute atomic E-state index is 13.0. The van der Waals surface area contributed by atoms with Crippen LogP contribution in [0.1, 0.15) is 34.0 Å². The first-order valence-corrected chi connectivity index (χ1v) is 12.5. The summed E-state index contributed by atoms with van der Waals surface area (Å²) < 4.78 is 0.673. The second kappa shape index (κ2) is 12.4. The molecule has 2 amide bonds. The monoisotopic (exact) mass is 523 g/mol. The van der Waals surface area contributed by atoms with E-state index in [4.69, 9.17) is 0 Å². The summed E-state index contributed by atoms with van der Waals surface area (Å²) in [7, 11) is 0. The Kier molecular flexibility index (Phi) is 9.27. The number of thioether (sulfide) groups is 1. The zero-order valence-corrected chi connectivity index (χ0v) is 20.9. The van der Waals surface area contributed by atoms with Gasteiger partial charge in [0.15, 0.2) is 0 Å². The number of halogens is 1. The van der Waals surface area contributed by atoms with Gasteiger partial charge in [0.25, 0.3) is 11.8 Å². The van der Waals surface area contributed by atoms with Gasteiger partial charge in [-0.1, -0.05) is 72.3 Å². The van der Waals surface area contributed by atoms with Gasteiger partial charge >= 0.3 is 0 Å². The van der Waals surface area contributed by atoms with Crippen LogP contribution in [-0.4, -0.2) is 29.3 Å². The molecule has 0 spiro atoms.